The molecule has 1 heterocycles. The van der Waals surface area contributed by atoms with Gasteiger partial charge in [0.1, 0.15) is 11.3 Å². The van der Waals surface area contributed by atoms with Crippen LogP contribution in [0.4, 0.5) is 5.69 Å². The van der Waals surface area contributed by atoms with Gasteiger partial charge < -0.3 is 4.42 Å². The third-order valence-corrected chi connectivity index (χ3v) is 2.01. The van der Waals surface area contributed by atoms with Gasteiger partial charge in [0.2, 0.25) is 0 Å². The summed E-state index contributed by atoms with van der Waals surface area (Å²) in [5.74, 6) is 0.737. The molecule has 0 aliphatic rings. The molecule has 0 unspecified atom stereocenters. The Hall–Kier alpha value is -1.84. The first-order valence-corrected chi connectivity index (χ1v) is 4.17. The van der Waals surface area contributed by atoms with Crippen molar-refractivity contribution in [2.75, 3.05) is 0 Å². The lowest BCUT2D eigenvalue weighted by molar-refractivity contribution is -0.384. The molecule has 0 fully saturated rings. The highest BCUT2D eigenvalue weighted by atomic mass is 16.6. The lowest BCUT2D eigenvalue weighted by atomic mass is 10.2. The quantitative estimate of drug-likeness (QED) is 0.540. The van der Waals surface area contributed by atoms with Gasteiger partial charge >= 0.3 is 0 Å². The maximum atomic E-state index is 10.5. The van der Waals surface area contributed by atoms with E-state index in [1.54, 1.807) is 12.1 Å². The van der Waals surface area contributed by atoms with E-state index in [-0.39, 0.29) is 5.69 Å². The van der Waals surface area contributed by atoms with Crippen molar-refractivity contribution in [1.29, 1.82) is 0 Å². The van der Waals surface area contributed by atoms with Crippen molar-refractivity contribution in [2.45, 2.75) is 6.42 Å². The lowest BCUT2D eigenvalue weighted by Gasteiger charge is -1.89. The highest BCUT2D eigenvalue weighted by molar-refractivity contribution is 5.80. The molecular formula is C10H8NO3. The Morgan fingerprint density at radius 1 is 1.43 bits per heavy atom. The zero-order valence-corrected chi connectivity index (χ0v) is 7.40. The maximum absolute atomic E-state index is 10.5. The maximum Gasteiger partial charge on any atom is 0.270 e. The Morgan fingerprint density at radius 2 is 2.21 bits per heavy atom. The van der Waals surface area contributed by atoms with Crippen LogP contribution in [-0.2, 0) is 6.42 Å². The normalized spacial score (nSPS) is 10.6. The predicted octanol–water partition coefficient (Wildman–Crippen LogP) is 2.72. The molecule has 0 atom stereocenters. The second kappa shape index (κ2) is 3.14. The van der Waals surface area contributed by atoms with E-state index >= 15 is 0 Å². The van der Waals surface area contributed by atoms with Gasteiger partial charge in [-0.2, -0.15) is 0 Å². The lowest BCUT2D eigenvalue weighted by Crippen LogP contribution is -1.85. The SMILES string of the molecule is [CH2]Cc1cc2cc([N+](=O)[O-])ccc2o1. The second-order valence-corrected chi connectivity index (χ2v) is 2.94. The Morgan fingerprint density at radius 3 is 2.86 bits per heavy atom. The second-order valence-electron chi connectivity index (χ2n) is 2.94. The van der Waals surface area contributed by atoms with Crippen LogP contribution in [0.1, 0.15) is 5.76 Å². The van der Waals surface area contributed by atoms with Crippen molar-refractivity contribution in [2.24, 2.45) is 0 Å². The van der Waals surface area contributed by atoms with Crippen molar-refractivity contribution in [1.82, 2.24) is 0 Å². The topological polar surface area (TPSA) is 56.3 Å². The average Bonchev–Trinajstić information content (AvgIpc) is 2.58. The van der Waals surface area contributed by atoms with Crippen molar-refractivity contribution in [3.8, 4) is 0 Å². The molecule has 71 valence electrons. The highest BCUT2D eigenvalue weighted by Crippen LogP contribution is 2.24. The van der Waals surface area contributed by atoms with Gasteiger partial charge in [0.15, 0.2) is 0 Å². The summed E-state index contributed by atoms with van der Waals surface area (Å²) >= 11 is 0. The predicted molar refractivity (Wildman–Crippen MR) is 51.9 cm³/mol. The third-order valence-electron chi connectivity index (χ3n) is 2.01. The molecular weight excluding hydrogens is 182 g/mol. The number of hydrogen-bond acceptors (Lipinski definition) is 3. The number of rotatable bonds is 2. The first kappa shape index (κ1) is 8.74. The molecule has 0 amide bonds. The summed E-state index contributed by atoms with van der Waals surface area (Å²) in [5.41, 5.74) is 0.739. The average molecular weight is 190 g/mol. The Labute approximate surface area is 80.3 Å². The van der Waals surface area contributed by atoms with Crippen LogP contribution in [0.3, 0.4) is 0 Å². The monoisotopic (exact) mass is 190 g/mol. The van der Waals surface area contributed by atoms with Crippen LogP contribution in [0.2, 0.25) is 0 Å². The van der Waals surface area contributed by atoms with Gasteiger partial charge in [-0.25, -0.2) is 0 Å². The van der Waals surface area contributed by atoms with Gasteiger partial charge in [0.25, 0.3) is 5.69 Å². The molecule has 1 radical (unpaired) electrons. The number of fused-ring (bicyclic) bond motifs is 1. The summed E-state index contributed by atoms with van der Waals surface area (Å²) < 4.78 is 5.37. The summed E-state index contributed by atoms with van der Waals surface area (Å²) in [6.45, 7) is 3.68. The van der Waals surface area contributed by atoms with Gasteiger partial charge in [-0.05, 0) is 19.1 Å². The van der Waals surface area contributed by atoms with Gasteiger partial charge in [-0.1, -0.05) is 0 Å². The van der Waals surface area contributed by atoms with Crippen molar-refractivity contribution in [3.05, 3.63) is 47.1 Å². The molecule has 0 saturated carbocycles. The van der Waals surface area contributed by atoms with E-state index in [1.807, 2.05) is 0 Å². The molecule has 2 aromatic rings. The Kier molecular flexibility index (Phi) is 1.96. The summed E-state index contributed by atoms with van der Waals surface area (Å²) in [6, 6.07) is 6.30. The number of furan rings is 1. The van der Waals surface area contributed by atoms with E-state index in [0.717, 1.165) is 11.1 Å². The third kappa shape index (κ3) is 1.35. The van der Waals surface area contributed by atoms with E-state index in [2.05, 4.69) is 6.92 Å². The number of non-ortho nitro benzene ring substituents is 1. The first-order chi connectivity index (χ1) is 6.70. The van der Waals surface area contributed by atoms with Crippen LogP contribution in [-0.4, -0.2) is 4.92 Å². The van der Waals surface area contributed by atoms with E-state index in [4.69, 9.17) is 4.42 Å². The standard InChI is InChI=1S/C10H8NO3/c1-2-9-6-7-5-8(11(12)13)3-4-10(7)14-9/h3-6H,1-2H2. The van der Waals surface area contributed by atoms with Gasteiger partial charge in [-0.3, -0.25) is 10.1 Å². The summed E-state index contributed by atoms with van der Waals surface area (Å²) in [4.78, 5) is 10.1. The number of nitro benzene ring substituents is 1. The van der Waals surface area contributed by atoms with Crippen LogP contribution in [0, 0.1) is 17.0 Å². The first-order valence-electron chi connectivity index (χ1n) is 4.17. The fourth-order valence-electron chi connectivity index (χ4n) is 1.32. The molecule has 4 nitrogen and oxygen atoms in total. The summed E-state index contributed by atoms with van der Waals surface area (Å²) in [5, 5.41) is 11.2. The Balaban J connectivity index is 2.59. The van der Waals surface area contributed by atoms with E-state index in [1.165, 1.54) is 12.1 Å². The van der Waals surface area contributed by atoms with Crippen molar-refractivity contribution in [3.63, 3.8) is 0 Å². The van der Waals surface area contributed by atoms with Crippen molar-refractivity contribution < 1.29 is 9.34 Å². The molecule has 0 aliphatic carbocycles. The number of nitrogens with zero attached hydrogens (tertiary/aromatic N) is 1. The molecule has 0 spiro atoms. The van der Waals surface area contributed by atoms with E-state index in [0.29, 0.717) is 12.0 Å². The highest BCUT2D eigenvalue weighted by Gasteiger charge is 2.08. The van der Waals surface area contributed by atoms with Gasteiger partial charge in [-0.15, -0.1) is 0 Å². The van der Waals surface area contributed by atoms with Crippen LogP contribution >= 0.6 is 0 Å². The fraction of sp³-hybridized carbons (Fsp3) is 0.100. The van der Waals surface area contributed by atoms with Crippen LogP contribution in [0.25, 0.3) is 11.0 Å². The molecule has 0 bridgehead atoms. The zero-order chi connectivity index (χ0) is 10.1. The molecule has 4 heteroatoms. The summed E-state index contributed by atoms with van der Waals surface area (Å²) in [7, 11) is 0. The van der Waals surface area contributed by atoms with Crippen LogP contribution in [0.5, 0.6) is 0 Å². The molecule has 1 aromatic carbocycles. The minimum Gasteiger partial charge on any atom is -0.461 e. The zero-order valence-electron chi connectivity index (χ0n) is 7.40. The number of hydrogen-bond donors (Lipinski definition) is 0. The molecule has 0 saturated heterocycles. The fourth-order valence-corrected chi connectivity index (χ4v) is 1.32. The largest absolute Gasteiger partial charge is 0.461 e. The molecule has 0 aliphatic heterocycles. The van der Waals surface area contributed by atoms with Crippen LogP contribution in [0.15, 0.2) is 28.7 Å². The molecule has 2 rings (SSSR count). The smallest absolute Gasteiger partial charge is 0.270 e. The summed E-state index contributed by atoms with van der Waals surface area (Å²) in [6.07, 6.45) is 0.544. The van der Waals surface area contributed by atoms with Crippen molar-refractivity contribution >= 4 is 16.7 Å². The van der Waals surface area contributed by atoms with E-state index in [9.17, 15) is 10.1 Å². The van der Waals surface area contributed by atoms with Gasteiger partial charge in [0.05, 0.1) is 4.92 Å². The number of benzene rings is 1. The van der Waals surface area contributed by atoms with E-state index < -0.39 is 4.92 Å². The minimum atomic E-state index is -0.420. The molecule has 1 aromatic heterocycles. The Bertz CT molecular complexity index is 487. The van der Waals surface area contributed by atoms with Crippen LogP contribution < -0.4 is 0 Å². The van der Waals surface area contributed by atoms with Gasteiger partial charge in [0, 0.05) is 23.9 Å². The molecule has 0 N–H and O–H groups in total. The number of nitro groups is 1. The minimum absolute atomic E-state index is 0.0777. The molecule has 14 heavy (non-hydrogen) atoms.